The molecule has 0 radical (unpaired) electrons. The minimum Gasteiger partial charge on any atom is -0.480 e. The second kappa shape index (κ2) is 5.99. The van der Waals surface area contributed by atoms with Crippen LogP contribution in [-0.4, -0.2) is 33.7 Å². The zero-order chi connectivity index (χ0) is 16.5. The molecule has 120 valence electrons. The number of aliphatic carboxylic acids is 1. The van der Waals surface area contributed by atoms with Gasteiger partial charge in [-0.05, 0) is 46.1 Å². The number of carbonyl (C=O) groups excluding carboxylic acids is 1. The lowest BCUT2D eigenvalue weighted by Gasteiger charge is -2.31. The number of nitrogens with zero attached hydrogens (tertiary/aromatic N) is 1. The molecule has 1 aliphatic rings. The van der Waals surface area contributed by atoms with Crippen molar-refractivity contribution >= 4 is 12.1 Å². The minimum absolute atomic E-state index is 0.254. The van der Waals surface area contributed by atoms with Gasteiger partial charge in [0.2, 0.25) is 0 Å². The van der Waals surface area contributed by atoms with Gasteiger partial charge in [-0.25, -0.2) is 9.59 Å². The number of rotatable bonds is 2. The fourth-order valence-corrected chi connectivity index (χ4v) is 2.83. The summed E-state index contributed by atoms with van der Waals surface area (Å²) in [6.45, 7) is 7.31. The third-order valence-electron chi connectivity index (χ3n) is 3.70. The summed E-state index contributed by atoms with van der Waals surface area (Å²) < 4.78 is 5.41. The topological polar surface area (TPSA) is 66.8 Å². The minimum atomic E-state index is -0.985. The van der Waals surface area contributed by atoms with Crippen LogP contribution in [-0.2, 0) is 9.53 Å². The fraction of sp³-hybridized carbons (Fsp3) is 0.529. The molecule has 0 unspecified atom stereocenters. The number of likely N-dealkylation sites (tertiary alicyclic amines) is 1. The van der Waals surface area contributed by atoms with Crippen LogP contribution in [0.25, 0.3) is 0 Å². The summed E-state index contributed by atoms with van der Waals surface area (Å²) in [4.78, 5) is 25.3. The Balaban J connectivity index is 2.32. The highest BCUT2D eigenvalue weighted by molar-refractivity contribution is 5.81. The molecule has 1 aromatic carbocycles. The van der Waals surface area contributed by atoms with E-state index in [2.05, 4.69) is 0 Å². The zero-order valence-electron chi connectivity index (χ0n) is 13.5. The molecule has 0 saturated carbocycles. The first-order chi connectivity index (χ1) is 10.2. The molecular weight excluding hydrogens is 282 g/mol. The molecule has 0 aromatic heterocycles. The molecule has 1 amide bonds. The first-order valence-corrected chi connectivity index (χ1v) is 7.50. The molecule has 22 heavy (non-hydrogen) atoms. The Hall–Kier alpha value is -2.04. The highest BCUT2D eigenvalue weighted by Crippen LogP contribution is 2.37. The largest absolute Gasteiger partial charge is 0.480 e. The lowest BCUT2D eigenvalue weighted by molar-refractivity contribution is -0.142. The molecule has 5 nitrogen and oxygen atoms in total. The van der Waals surface area contributed by atoms with Gasteiger partial charge in [0, 0.05) is 0 Å². The van der Waals surface area contributed by atoms with E-state index in [1.54, 1.807) is 20.8 Å². The van der Waals surface area contributed by atoms with E-state index in [1.807, 2.05) is 31.2 Å². The van der Waals surface area contributed by atoms with Crippen LogP contribution in [0, 0.1) is 6.92 Å². The maximum Gasteiger partial charge on any atom is 0.411 e. The number of hydrogen-bond acceptors (Lipinski definition) is 3. The molecule has 0 aliphatic carbocycles. The smallest absolute Gasteiger partial charge is 0.411 e. The summed E-state index contributed by atoms with van der Waals surface area (Å²) >= 11 is 0. The van der Waals surface area contributed by atoms with Crippen molar-refractivity contribution in [2.75, 3.05) is 0 Å². The molecule has 1 aliphatic heterocycles. The van der Waals surface area contributed by atoms with Crippen molar-refractivity contribution in [2.45, 2.75) is 58.2 Å². The fourth-order valence-electron chi connectivity index (χ4n) is 2.83. The summed E-state index contributed by atoms with van der Waals surface area (Å²) in [5.41, 5.74) is 1.38. The second-order valence-corrected chi connectivity index (χ2v) is 6.75. The van der Waals surface area contributed by atoms with Crippen molar-refractivity contribution in [2.24, 2.45) is 0 Å². The third-order valence-corrected chi connectivity index (χ3v) is 3.70. The van der Waals surface area contributed by atoms with E-state index in [0.29, 0.717) is 12.8 Å². The van der Waals surface area contributed by atoms with Gasteiger partial charge in [0.15, 0.2) is 0 Å². The van der Waals surface area contributed by atoms with Crippen molar-refractivity contribution in [1.29, 1.82) is 0 Å². The summed E-state index contributed by atoms with van der Waals surface area (Å²) in [5, 5.41) is 9.40. The molecule has 0 spiro atoms. The van der Waals surface area contributed by atoms with Crippen molar-refractivity contribution < 1.29 is 19.4 Å². The quantitative estimate of drug-likeness (QED) is 0.907. The maximum absolute atomic E-state index is 12.5. The number of amides is 1. The van der Waals surface area contributed by atoms with Gasteiger partial charge in [-0.15, -0.1) is 0 Å². The number of aryl methyl sites for hydroxylation is 1. The third kappa shape index (κ3) is 3.59. The van der Waals surface area contributed by atoms with Gasteiger partial charge in [-0.2, -0.15) is 0 Å². The number of benzene rings is 1. The molecule has 1 aromatic rings. The molecule has 2 rings (SSSR count). The van der Waals surface area contributed by atoms with E-state index >= 15 is 0 Å². The van der Waals surface area contributed by atoms with E-state index in [1.165, 1.54) is 4.90 Å². The highest BCUT2D eigenvalue weighted by atomic mass is 16.6. The number of ether oxygens (including phenoxy) is 1. The Morgan fingerprint density at radius 3 is 2.50 bits per heavy atom. The van der Waals surface area contributed by atoms with Gasteiger partial charge in [0.1, 0.15) is 11.6 Å². The van der Waals surface area contributed by atoms with Crippen LogP contribution < -0.4 is 0 Å². The van der Waals surface area contributed by atoms with Crippen LogP contribution in [0.15, 0.2) is 24.3 Å². The van der Waals surface area contributed by atoms with Crippen LogP contribution in [0.5, 0.6) is 0 Å². The van der Waals surface area contributed by atoms with E-state index < -0.39 is 23.7 Å². The molecule has 2 atom stereocenters. The van der Waals surface area contributed by atoms with Crippen LogP contribution >= 0.6 is 0 Å². The summed E-state index contributed by atoms with van der Waals surface area (Å²) in [6.07, 6.45) is 0.497. The maximum atomic E-state index is 12.5. The van der Waals surface area contributed by atoms with Gasteiger partial charge in [-0.3, -0.25) is 4.90 Å². The van der Waals surface area contributed by atoms with E-state index in [0.717, 1.165) is 11.1 Å². The number of hydrogen-bond donors (Lipinski definition) is 1. The SMILES string of the molecule is Cc1cccc([C@@H]2CC[C@H](C(=O)O)N2C(=O)OC(C)(C)C)c1. The first kappa shape index (κ1) is 16.3. The molecule has 1 fully saturated rings. The van der Waals surface area contributed by atoms with Crippen LogP contribution in [0.2, 0.25) is 0 Å². The highest BCUT2D eigenvalue weighted by Gasteiger charge is 2.43. The molecule has 1 saturated heterocycles. The van der Waals surface area contributed by atoms with Gasteiger partial charge in [-0.1, -0.05) is 29.8 Å². The predicted molar refractivity (Wildman–Crippen MR) is 82.7 cm³/mol. The standard InChI is InChI=1S/C17H23NO4/c1-11-6-5-7-12(10-11)13-8-9-14(15(19)20)18(13)16(21)22-17(2,3)4/h5-7,10,13-14H,8-9H2,1-4H3,(H,19,20)/t13-,14+/m0/s1. The molecular formula is C17H23NO4. The van der Waals surface area contributed by atoms with Crippen LogP contribution in [0.3, 0.4) is 0 Å². The summed E-state index contributed by atoms with van der Waals surface area (Å²) in [7, 11) is 0. The van der Waals surface area contributed by atoms with Crippen LogP contribution in [0.4, 0.5) is 4.79 Å². The Bertz CT molecular complexity index is 576. The number of carbonyl (C=O) groups is 2. The van der Waals surface area contributed by atoms with E-state index in [9.17, 15) is 14.7 Å². The lowest BCUT2D eigenvalue weighted by atomic mass is 10.0. The molecule has 1 heterocycles. The Morgan fingerprint density at radius 2 is 1.95 bits per heavy atom. The zero-order valence-corrected chi connectivity index (χ0v) is 13.5. The Morgan fingerprint density at radius 1 is 1.27 bits per heavy atom. The average molecular weight is 305 g/mol. The molecule has 0 bridgehead atoms. The van der Waals surface area contributed by atoms with E-state index in [-0.39, 0.29) is 6.04 Å². The summed E-state index contributed by atoms with van der Waals surface area (Å²) in [6, 6.07) is 6.74. The van der Waals surface area contributed by atoms with Crippen LogP contribution in [0.1, 0.15) is 50.8 Å². The Kier molecular flexibility index (Phi) is 4.44. The average Bonchev–Trinajstić information content (AvgIpc) is 2.81. The summed E-state index contributed by atoms with van der Waals surface area (Å²) in [5.74, 6) is -0.985. The van der Waals surface area contributed by atoms with Gasteiger partial charge in [0.05, 0.1) is 6.04 Å². The van der Waals surface area contributed by atoms with Crippen molar-refractivity contribution in [3.05, 3.63) is 35.4 Å². The predicted octanol–water partition coefficient (Wildman–Crippen LogP) is 3.52. The van der Waals surface area contributed by atoms with Gasteiger partial charge < -0.3 is 9.84 Å². The lowest BCUT2D eigenvalue weighted by Crippen LogP contribution is -2.44. The molecule has 1 N–H and O–H groups in total. The van der Waals surface area contributed by atoms with Crippen molar-refractivity contribution in [3.63, 3.8) is 0 Å². The van der Waals surface area contributed by atoms with Crippen molar-refractivity contribution in [1.82, 2.24) is 4.90 Å². The van der Waals surface area contributed by atoms with Gasteiger partial charge in [0.25, 0.3) is 0 Å². The first-order valence-electron chi connectivity index (χ1n) is 7.50. The van der Waals surface area contributed by atoms with E-state index in [4.69, 9.17) is 4.74 Å². The Labute approximate surface area is 130 Å². The number of carboxylic acids is 1. The normalized spacial score (nSPS) is 21.7. The van der Waals surface area contributed by atoms with Gasteiger partial charge >= 0.3 is 12.1 Å². The monoisotopic (exact) mass is 305 g/mol. The molecule has 5 heteroatoms. The number of carboxylic acid groups (broad SMARTS) is 1. The second-order valence-electron chi connectivity index (χ2n) is 6.75. The van der Waals surface area contributed by atoms with Crippen molar-refractivity contribution in [3.8, 4) is 0 Å².